The Hall–Kier alpha value is -1.57. The molecule has 92 valence electrons. The number of aliphatic hydroxyl groups is 1. The van der Waals surface area contributed by atoms with Gasteiger partial charge < -0.3 is 5.11 Å². The Morgan fingerprint density at radius 2 is 1.78 bits per heavy atom. The first-order valence-electron chi connectivity index (χ1n) is 5.87. The van der Waals surface area contributed by atoms with Gasteiger partial charge in [0.1, 0.15) is 0 Å². The molecule has 0 radical (unpaired) electrons. The molecule has 2 rings (SSSR count). The van der Waals surface area contributed by atoms with Gasteiger partial charge in [-0.1, -0.05) is 54.1 Å². The van der Waals surface area contributed by atoms with Gasteiger partial charge in [0.15, 0.2) is 0 Å². The van der Waals surface area contributed by atoms with Crippen LogP contribution in [0.3, 0.4) is 0 Å². The molecule has 0 aliphatic carbocycles. The molecule has 0 saturated carbocycles. The lowest BCUT2D eigenvalue weighted by Gasteiger charge is -2.03. The van der Waals surface area contributed by atoms with Crippen LogP contribution in [-0.4, -0.2) is 11.2 Å². The Morgan fingerprint density at radius 3 is 2.44 bits per heavy atom. The van der Waals surface area contributed by atoms with Crippen molar-refractivity contribution in [2.24, 2.45) is 0 Å². The largest absolute Gasteiger partial charge is 0.389 e. The Bertz CT molecular complexity index is 541. The van der Waals surface area contributed by atoms with Crippen molar-refractivity contribution in [1.29, 1.82) is 0 Å². The third kappa shape index (κ3) is 3.46. The summed E-state index contributed by atoms with van der Waals surface area (Å²) in [7, 11) is 0. The van der Waals surface area contributed by atoms with Gasteiger partial charge in [0, 0.05) is 5.02 Å². The van der Waals surface area contributed by atoms with E-state index in [1.54, 1.807) is 13.0 Å². The van der Waals surface area contributed by atoms with E-state index < -0.39 is 6.10 Å². The Kier molecular flexibility index (Phi) is 4.19. The summed E-state index contributed by atoms with van der Waals surface area (Å²) in [6.45, 7) is 1.74. The molecule has 1 atom stereocenters. The fraction of sp³-hybridized carbons (Fsp3) is 0.125. The summed E-state index contributed by atoms with van der Waals surface area (Å²) in [4.78, 5) is 0. The molecule has 18 heavy (non-hydrogen) atoms. The zero-order valence-electron chi connectivity index (χ0n) is 10.2. The van der Waals surface area contributed by atoms with E-state index in [0.29, 0.717) is 0 Å². The third-order valence-corrected chi connectivity index (χ3v) is 2.88. The van der Waals surface area contributed by atoms with E-state index in [1.807, 2.05) is 42.5 Å². The fourth-order valence-electron chi connectivity index (χ4n) is 1.71. The van der Waals surface area contributed by atoms with Crippen LogP contribution in [0.1, 0.15) is 12.5 Å². The standard InChI is InChI=1S/C16H15ClO/c1-12(18)5-6-13-3-2-4-15(11-13)14-7-9-16(17)10-8-14/h2-12,18H,1H3/t12-/m1/s1. The zero-order chi connectivity index (χ0) is 13.0. The van der Waals surface area contributed by atoms with E-state index in [1.165, 1.54) is 0 Å². The van der Waals surface area contributed by atoms with Gasteiger partial charge in [0.25, 0.3) is 0 Å². The molecule has 0 fully saturated rings. The summed E-state index contributed by atoms with van der Waals surface area (Å²) in [5.74, 6) is 0. The van der Waals surface area contributed by atoms with E-state index in [-0.39, 0.29) is 0 Å². The summed E-state index contributed by atoms with van der Waals surface area (Å²) in [5, 5.41) is 9.97. The number of hydrogen-bond donors (Lipinski definition) is 1. The van der Waals surface area contributed by atoms with Gasteiger partial charge >= 0.3 is 0 Å². The first-order chi connectivity index (χ1) is 8.65. The molecule has 0 aromatic heterocycles. The Labute approximate surface area is 112 Å². The summed E-state index contributed by atoms with van der Waals surface area (Å²) in [5.41, 5.74) is 3.34. The van der Waals surface area contributed by atoms with Crippen molar-refractivity contribution < 1.29 is 5.11 Å². The topological polar surface area (TPSA) is 20.2 Å². The smallest absolute Gasteiger partial charge is 0.0696 e. The first-order valence-corrected chi connectivity index (χ1v) is 6.25. The molecule has 0 bridgehead atoms. The number of benzene rings is 2. The molecule has 0 spiro atoms. The van der Waals surface area contributed by atoms with E-state index in [9.17, 15) is 5.11 Å². The van der Waals surface area contributed by atoms with E-state index in [4.69, 9.17) is 11.6 Å². The number of hydrogen-bond acceptors (Lipinski definition) is 1. The maximum Gasteiger partial charge on any atom is 0.0696 e. The average molecular weight is 259 g/mol. The van der Waals surface area contributed by atoms with Crippen molar-refractivity contribution in [2.75, 3.05) is 0 Å². The lowest BCUT2D eigenvalue weighted by molar-refractivity contribution is 0.245. The number of aliphatic hydroxyl groups excluding tert-OH is 1. The molecule has 2 heteroatoms. The second-order valence-electron chi connectivity index (χ2n) is 4.23. The number of halogens is 1. The van der Waals surface area contributed by atoms with Crippen LogP contribution in [0.15, 0.2) is 54.6 Å². The van der Waals surface area contributed by atoms with Gasteiger partial charge in [-0.15, -0.1) is 0 Å². The minimum absolute atomic E-state index is 0.427. The van der Waals surface area contributed by atoms with Gasteiger partial charge in [-0.05, 0) is 41.8 Å². The second kappa shape index (κ2) is 5.85. The molecule has 0 unspecified atom stereocenters. The molecular formula is C16H15ClO. The molecule has 1 nitrogen and oxygen atoms in total. The molecule has 0 aliphatic heterocycles. The highest BCUT2D eigenvalue weighted by Gasteiger charge is 1.98. The molecule has 2 aromatic carbocycles. The summed E-state index contributed by atoms with van der Waals surface area (Å²) in [6.07, 6.45) is 3.26. The van der Waals surface area contributed by atoms with E-state index in [2.05, 4.69) is 12.1 Å². The SMILES string of the molecule is C[C@@H](O)C=Cc1cccc(-c2ccc(Cl)cc2)c1. The highest BCUT2D eigenvalue weighted by molar-refractivity contribution is 6.30. The van der Waals surface area contributed by atoms with Crippen LogP contribution in [-0.2, 0) is 0 Å². The summed E-state index contributed by atoms with van der Waals surface area (Å²) < 4.78 is 0. The second-order valence-corrected chi connectivity index (χ2v) is 4.67. The van der Waals surface area contributed by atoms with Crippen LogP contribution in [0.5, 0.6) is 0 Å². The maximum absolute atomic E-state index is 9.23. The maximum atomic E-state index is 9.23. The van der Waals surface area contributed by atoms with Crippen LogP contribution in [0.4, 0.5) is 0 Å². The normalized spacial score (nSPS) is 12.8. The van der Waals surface area contributed by atoms with Gasteiger partial charge in [-0.2, -0.15) is 0 Å². The average Bonchev–Trinajstić information content (AvgIpc) is 2.37. The molecule has 0 amide bonds. The predicted octanol–water partition coefficient (Wildman–Crippen LogP) is 4.40. The van der Waals surface area contributed by atoms with Crippen LogP contribution >= 0.6 is 11.6 Å². The minimum atomic E-state index is -0.427. The molecular weight excluding hydrogens is 244 g/mol. The van der Waals surface area contributed by atoms with Crippen LogP contribution < -0.4 is 0 Å². The van der Waals surface area contributed by atoms with Gasteiger partial charge in [-0.3, -0.25) is 0 Å². The van der Waals surface area contributed by atoms with Crippen molar-refractivity contribution in [1.82, 2.24) is 0 Å². The molecule has 2 aromatic rings. The van der Waals surface area contributed by atoms with Crippen molar-refractivity contribution >= 4 is 17.7 Å². The van der Waals surface area contributed by atoms with E-state index in [0.717, 1.165) is 21.7 Å². The third-order valence-electron chi connectivity index (χ3n) is 2.63. The quantitative estimate of drug-likeness (QED) is 0.865. The van der Waals surface area contributed by atoms with E-state index >= 15 is 0 Å². The van der Waals surface area contributed by atoms with Gasteiger partial charge in [0.2, 0.25) is 0 Å². The summed E-state index contributed by atoms with van der Waals surface area (Å²) in [6, 6.07) is 15.9. The monoisotopic (exact) mass is 258 g/mol. The van der Waals surface area contributed by atoms with Crippen molar-refractivity contribution in [3.8, 4) is 11.1 Å². The number of rotatable bonds is 3. The highest BCUT2D eigenvalue weighted by Crippen LogP contribution is 2.22. The van der Waals surface area contributed by atoms with Crippen LogP contribution in [0, 0.1) is 0 Å². The molecule has 0 saturated heterocycles. The Balaban J connectivity index is 2.29. The van der Waals surface area contributed by atoms with Gasteiger partial charge in [-0.25, -0.2) is 0 Å². The molecule has 1 N–H and O–H groups in total. The fourth-order valence-corrected chi connectivity index (χ4v) is 1.84. The van der Waals surface area contributed by atoms with Crippen LogP contribution in [0.2, 0.25) is 5.02 Å². The predicted molar refractivity (Wildman–Crippen MR) is 77.6 cm³/mol. The summed E-state index contributed by atoms with van der Waals surface area (Å²) >= 11 is 5.88. The lowest BCUT2D eigenvalue weighted by atomic mass is 10.0. The van der Waals surface area contributed by atoms with Crippen LogP contribution in [0.25, 0.3) is 17.2 Å². The zero-order valence-corrected chi connectivity index (χ0v) is 10.9. The highest BCUT2D eigenvalue weighted by atomic mass is 35.5. The van der Waals surface area contributed by atoms with Crippen molar-refractivity contribution in [3.63, 3.8) is 0 Å². The lowest BCUT2D eigenvalue weighted by Crippen LogP contribution is -1.91. The molecule has 0 aliphatic rings. The van der Waals surface area contributed by atoms with Crippen molar-refractivity contribution in [3.05, 3.63) is 65.2 Å². The first kappa shape index (κ1) is 12.9. The van der Waals surface area contributed by atoms with Gasteiger partial charge in [0.05, 0.1) is 6.10 Å². The Morgan fingerprint density at radius 1 is 1.06 bits per heavy atom. The molecule has 0 heterocycles. The van der Waals surface area contributed by atoms with Crippen molar-refractivity contribution in [2.45, 2.75) is 13.0 Å². The minimum Gasteiger partial charge on any atom is -0.389 e.